The molecule has 0 spiro atoms. The molecule has 0 radical (unpaired) electrons. The molecule has 0 aliphatic rings. The van der Waals surface area contributed by atoms with E-state index in [4.69, 9.17) is 11.2 Å². The van der Waals surface area contributed by atoms with Gasteiger partial charge in [0.15, 0.2) is 9.84 Å². The predicted molar refractivity (Wildman–Crippen MR) is 76.9 cm³/mol. The first-order valence-corrected chi connectivity index (χ1v) is 7.69. The summed E-state index contributed by atoms with van der Waals surface area (Å²) >= 11 is 0. The van der Waals surface area contributed by atoms with Crippen molar-refractivity contribution in [2.75, 3.05) is 18.1 Å². The molecule has 0 aliphatic heterocycles. The standard InChI is InChI=1S/C15H14O3S/c1-2-11-19(16,17)12-10-18-15-9-5-7-13-6-3-4-8-14(13)15/h1,3-9H,10-12H2. The summed E-state index contributed by atoms with van der Waals surface area (Å²) in [5.74, 6) is 2.52. The normalized spacial score (nSPS) is 11.1. The van der Waals surface area contributed by atoms with Crippen molar-refractivity contribution in [2.45, 2.75) is 0 Å². The molecule has 2 aromatic carbocycles. The number of benzene rings is 2. The molecule has 2 rings (SSSR count). The van der Waals surface area contributed by atoms with Crippen LogP contribution >= 0.6 is 0 Å². The number of rotatable bonds is 5. The fraction of sp³-hybridized carbons (Fsp3) is 0.200. The first kappa shape index (κ1) is 13.4. The lowest BCUT2D eigenvalue weighted by atomic mass is 10.1. The van der Waals surface area contributed by atoms with Crippen LogP contribution < -0.4 is 4.74 Å². The van der Waals surface area contributed by atoms with Gasteiger partial charge in [0, 0.05) is 5.39 Å². The van der Waals surface area contributed by atoms with E-state index in [1.165, 1.54) is 0 Å². The number of hydrogen-bond donors (Lipinski definition) is 0. The molecule has 0 unspecified atom stereocenters. The molecule has 0 amide bonds. The first-order chi connectivity index (χ1) is 9.12. The van der Waals surface area contributed by atoms with Crippen LogP contribution in [0.1, 0.15) is 0 Å². The molecule has 0 saturated heterocycles. The number of hydrogen-bond acceptors (Lipinski definition) is 3. The van der Waals surface area contributed by atoms with E-state index in [0.717, 1.165) is 10.8 Å². The van der Waals surface area contributed by atoms with Gasteiger partial charge in [-0.1, -0.05) is 42.3 Å². The molecule has 4 heteroatoms. The summed E-state index contributed by atoms with van der Waals surface area (Å²) < 4.78 is 28.5. The fourth-order valence-corrected chi connectivity index (χ4v) is 2.53. The Morgan fingerprint density at radius 1 is 1.11 bits per heavy atom. The van der Waals surface area contributed by atoms with Crippen molar-refractivity contribution in [3.63, 3.8) is 0 Å². The van der Waals surface area contributed by atoms with Gasteiger partial charge >= 0.3 is 0 Å². The first-order valence-electron chi connectivity index (χ1n) is 5.87. The van der Waals surface area contributed by atoms with Crippen molar-refractivity contribution in [3.05, 3.63) is 42.5 Å². The summed E-state index contributed by atoms with van der Waals surface area (Å²) in [4.78, 5) is 0. The monoisotopic (exact) mass is 274 g/mol. The second-order valence-electron chi connectivity index (χ2n) is 4.12. The Morgan fingerprint density at radius 2 is 1.84 bits per heavy atom. The molecule has 0 atom stereocenters. The van der Waals surface area contributed by atoms with Crippen LogP contribution in [0.25, 0.3) is 10.8 Å². The van der Waals surface area contributed by atoms with E-state index in [9.17, 15) is 8.42 Å². The van der Waals surface area contributed by atoms with Crippen LogP contribution in [0.4, 0.5) is 0 Å². The van der Waals surface area contributed by atoms with Gasteiger partial charge in [0.2, 0.25) is 0 Å². The Balaban J connectivity index is 2.09. The third kappa shape index (κ3) is 3.49. The maximum Gasteiger partial charge on any atom is 0.164 e. The number of ether oxygens (including phenoxy) is 1. The van der Waals surface area contributed by atoms with Crippen LogP contribution in [0.3, 0.4) is 0 Å². The van der Waals surface area contributed by atoms with Gasteiger partial charge in [-0.05, 0) is 11.5 Å². The quantitative estimate of drug-likeness (QED) is 0.786. The molecule has 3 nitrogen and oxygen atoms in total. The van der Waals surface area contributed by atoms with Crippen LogP contribution in [-0.4, -0.2) is 26.5 Å². The van der Waals surface area contributed by atoms with Gasteiger partial charge in [0.05, 0.1) is 5.75 Å². The van der Waals surface area contributed by atoms with Crippen LogP contribution in [0.2, 0.25) is 0 Å². The van der Waals surface area contributed by atoms with E-state index in [1.807, 2.05) is 42.5 Å². The van der Waals surface area contributed by atoms with E-state index in [1.54, 1.807) is 0 Å². The Labute approximate surface area is 113 Å². The zero-order chi connectivity index (χ0) is 13.7. The number of terminal acetylenes is 1. The Hall–Kier alpha value is -1.99. The van der Waals surface area contributed by atoms with Crippen LogP contribution in [-0.2, 0) is 9.84 Å². The van der Waals surface area contributed by atoms with Gasteiger partial charge in [-0.3, -0.25) is 0 Å². The lowest BCUT2D eigenvalue weighted by Gasteiger charge is -2.09. The molecule has 0 heterocycles. The van der Waals surface area contributed by atoms with Gasteiger partial charge in [0.1, 0.15) is 18.1 Å². The zero-order valence-corrected chi connectivity index (χ0v) is 11.2. The van der Waals surface area contributed by atoms with E-state index in [-0.39, 0.29) is 18.1 Å². The molecule has 0 fully saturated rings. The molecule has 0 aromatic heterocycles. The summed E-state index contributed by atoms with van der Waals surface area (Å²) in [6.07, 6.45) is 5.00. The van der Waals surface area contributed by atoms with Gasteiger partial charge in [-0.15, -0.1) is 6.42 Å². The predicted octanol–water partition coefficient (Wildman–Crippen LogP) is 2.27. The average molecular weight is 274 g/mol. The van der Waals surface area contributed by atoms with E-state index in [0.29, 0.717) is 5.75 Å². The zero-order valence-electron chi connectivity index (χ0n) is 10.4. The molecule has 0 bridgehead atoms. The highest BCUT2D eigenvalue weighted by atomic mass is 32.2. The molecular formula is C15H14O3S. The lowest BCUT2D eigenvalue weighted by Crippen LogP contribution is -2.16. The molecule has 2 aromatic rings. The van der Waals surface area contributed by atoms with Crippen molar-refractivity contribution in [2.24, 2.45) is 0 Å². The summed E-state index contributed by atoms with van der Waals surface area (Å²) in [7, 11) is -3.22. The average Bonchev–Trinajstić information content (AvgIpc) is 2.39. The molecule has 0 aliphatic carbocycles. The van der Waals surface area contributed by atoms with Gasteiger partial charge in [-0.2, -0.15) is 0 Å². The van der Waals surface area contributed by atoms with Crippen molar-refractivity contribution < 1.29 is 13.2 Å². The third-order valence-corrected chi connectivity index (χ3v) is 4.10. The van der Waals surface area contributed by atoms with E-state index in [2.05, 4.69) is 5.92 Å². The van der Waals surface area contributed by atoms with Crippen molar-refractivity contribution in [1.29, 1.82) is 0 Å². The number of fused-ring (bicyclic) bond motifs is 1. The Bertz CT molecular complexity index is 706. The highest BCUT2D eigenvalue weighted by Gasteiger charge is 2.09. The van der Waals surface area contributed by atoms with E-state index >= 15 is 0 Å². The third-order valence-electron chi connectivity index (χ3n) is 2.70. The molecular weight excluding hydrogens is 260 g/mol. The van der Waals surface area contributed by atoms with Crippen molar-refractivity contribution >= 4 is 20.6 Å². The van der Waals surface area contributed by atoms with Crippen LogP contribution in [0, 0.1) is 12.3 Å². The Kier molecular flexibility index (Phi) is 4.08. The number of sulfone groups is 1. The highest BCUT2D eigenvalue weighted by molar-refractivity contribution is 7.91. The summed E-state index contributed by atoms with van der Waals surface area (Å²) in [5.41, 5.74) is 0. The maximum absolute atomic E-state index is 11.5. The highest BCUT2D eigenvalue weighted by Crippen LogP contribution is 2.24. The van der Waals surface area contributed by atoms with Crippen LogP contribution in [0.5, 0.6) is 5.75 Å². The van der Waals surface area contributed by atoms with E-state index < -0.39 is 9.84 Å². The SMILES string of the molecule is C#CCS(=O)(=O)CCOc1cccc2ccccc12. The maximum atomic E-state index is 11.5. The van der Waals surface area contributed by atoms with Gasteiger partial charge in [0.25, 0.3) is 0 Å². The minimum atomic E-state index is -3.22. The van der Waals surface area contributed by atoms with Crippen molar-refractivity contribution in [3.8, 4) is 18.1 Å². The molecule has 19 heavy (non-hydrogen) atoms. The largest absolute Gasteiger partial charge is 0.492 e. The minimum Gasteiger partial charge on any atom is -0.492 e. The second-order valence-corrected chi connectivity index (χ2v) is 6.31. The summed E-state index contributed by atoms with van der Waals surface area (Å²) in [5, 5.41) is 2.03. The molecule has 0 saturated carbocycles. The van der Waals surface area contributed by atoms with Crippen LogP contribution in [0.15, 0.2) is 42.5 Å². The second kappa shape index (κ2) is 5.77. The smallest absolute Gasteiger partial charge is 0.164 e. The summed E-state index contributed by atoms with van der Waals surface area (Å²) in [6, 6.07) is 13.5. The molecule has 0 N–H and O–H groups in total. The topological polar surface area (TPSA) is 43.4 Å². The van der Waals surface area contributed by atoms with Gasteiger partial charge < -0.3 is 4.74 Å². The summed E-state index contributed by atoms with van der Waals surface area (Å²) in [6.45, 7) is 0.109. The fourth-order valence-electron chi connectivity index (χ4n) is 1.80. The Morgan fingerprint density at radius 3 is 2.63 bits per heavy atom. The lowest BCUT2D eigenvalue weighted by molar-refractivity contribution is 0.345. The van der Waals surface area contributed by atoms with Crippen molar-refractivity contribution in [1.82, 2.24) is 0 Å². The molecule has 98 valence electrons. The van der Waals surface area contributed by atoms with Gasteiger partial charge in [-0.25, -0.2) is 8.42 Å². The minimum absolute atomic E-state index is 0.0690.